The summed E-state index contributed by atoms with van der Waals surface area (Å²) >= 11 is 0. The Hall–Kier alpha value is -2.17. The smallest absolute Gasteiger partial charge is 0.244 e. The standard InChI is InChI=1S/C21H24N2O2/c24-21-19(12-7-13-23(21)18-10-5-2-6-11-18)22-14-15-25-20(16-22)17-8-3-1-4-9-17/h1-6,8-11,19-20H,7,12-16H2. The molecule has 25 heavy (non-hydrogen) atoms. The number of hydrogen-bond acceptors (Lipinski definition) is 3. The quantitative estimate of drug-likeness (QED) is 0.862. The lowest BCUT2D eigenvalue weighted by molar-refractivity contribution is -0.129. The van der Waals surface area contributed by atoms with E-state index < -0.39 is 0 Å². The second kappa shape index (κ2) is 7.38. The first-order chi connectivity index (χ1) is 12.3. The summed E-state index contributed by atoms with van der Waals surface area (Å²) in [6.45, 7) is 3.09. The van der Waals surface area contributed by atoms with Crippen LogP contribution in [-0.2, 0) is 9.53 Å². The van der Waals surface area contributed by atoms with E-state index in [0.717, 1.165) is 38.2 Å². The number of piperidine rings is 1. The number of nitrogens with zero attached hydrogens (tertiary/aromatic N) is 2. The number of amides is 1. The van der Waals surface area contributed by atoms with Crippen LogP contribution in [0, 0.1) is 0 Å². The molecule has 130 valence electrons. The predicted molar refractivity (Wildman–Crippen MR) is 98.5 cm³/mol. The molecule has 0 aliphatic carbocycles. The molecule has 0 saturated carbocycles. The molecule has 2 atom stereocenters. The number of para-hydroxylation sites is 1. The highest BCUT2D eigenvalue weighted by molar-refractivity contribution is 5.97. The average Bonchev–Trinajstić information content (AvgIpc) is 2.70. The van der Waals surface area contributed by atoms with Crippen molar-refractivity contribution in [2.45, 2.75) is 25.0 Å². The van der Waals surface area contributed by atoms with Crippen LogP contribution >= 0.6 is 0 Å². The molecular weight excluding hydrogens is 312 g/mol. The maximum atomic E-state index is 13.1. The molecule has 4 heteroatoms. The largest absolute Gasteiger partial charge is 0.371 e. The summed E-state index contributed by atoms with van der Waals surface area (Å²) in [5.74, 6) is 0.228. The van der Waals surface area contributed by atoms with Gasteiger partial charge < -0.3 is 9.64 Å². The van der Waals surface area contributed by atoms with Crippen molar-refractivity contribution in [1.29, 1.82) is 0 Å². The normalized spacial score (nSPS) is 25.1. The molecule has 2 fully saturated rings. The van der Waals surface area contributed by atoms with Crippen molar-refractivity contribution in [3.8, 4) is 0 Å². The van der Waals surface area contributed by atoms with Crippen molar-refractivity contribution in [2.24, 2.45) is 0 Å². The Morgan fingerprint density at radius 2 is 1.64 bits per heavy atom. The number of rotatable bonds is 3. The molecule has 4 rings (SSSR count). The van der Waals surface area contributed by atoms with Gasteiger partial charge in [-0.3, -0.25) is 9.69 Å². The zero-order valence-corrected chi connectivity index (χ0v) is 14.4. The van der Waals surface area contributed by atoms with Gasteiger partial charge in [0.2, 0.25) is 5.91 Å². The van der Waals surface area contributed by atoms with E-state index in [-0.39, 0.29) is 18.1 Å². The van der Waals surface area contributed by atoms with Crippen LogP contribution in [0.3, 0.4) is 0 Å². The summed E-state index contributed by atoms with van der Waals surface area (Å²) in [5, 5.41) is 0. The highest BCUT2D eigenvalue weighted by Crippen LogP contribution is 2.28. The van der Waals surface area contributed by atoms with Gasteiger partial charge in [-0.25, -0.2) is 0 Å². The van der Waals surface area contributed by atoms with Crippen LogP contribution in [0.15, 0.2) is 60.7 Å². The van der Waals surface area contributed by atoms with E-state index in [4.69, 9.17) is 4.74 Å². The van der Waals surface area contributed by atoms with Gasteiger partial charge in [-0.1, -0.05) is 48.5 Å². The summed E-state index contributed by atoms with van der Waals surface area (Å²) in [7, 11) is 0. The summed E-state index contributed by atoms with van der Waals surface area (Å²) in [6, 6.07) is 20.3. The summed E-state index contributed by atoms with van der Waals surface area (Å²) < 4.78 is 5.97. The molecule has 2 aliphatic heterocycles. The Balaban J connectivity index is 1.50. The van der Waals surface area contributed by atoms with Gasteiger partial charge in [0.15, 0.2) is 0 Å². The third-order valence-electron chi connectivity index (χ3n) is 5.19. The first-order valence-electron chi connectivity index (χ1n) is 9.10. The van der Waals surface area contributed by atoms with Crippen LogP contribution in [-0.4, -0.2) is 43.1 Å². The molecule has 0 aromatic heterocycles. The number of anilines is 1. The van der Waals surface area contributed by atoms with Crippen LogP contribution in [0.25, 0.3) is 0 Å². The van der Waals surface area contributed by atoms with E-state index in [1.54, 1.807) is 0 Å². The SMILES string of the molecule is O=C1C(N2CCOC(c3ccccc3)C2)CCCN1c1ccccc1. The number of morpholine rings is 1. The molecule has 0 spiro atoms. The van der Waals surface area contributed by atoms with Crippen molar-refractivity contribution >= 4 is 11.6 Å². The molecule has 2 aromatic carbocycles. The fraction of sp³-hybridized carbons (Fsp3) is 0.381. The second-order valence-electron chi connectivity index (χ2n) is 6.75. The van der Waals surface area contributed by atoms with Gasteiger partial charge in [0.05, 0.1) is 18.8 Å². The van der Waals surface area contributed by atoms with E-state index in [9.17, 15) is 4.79 Å². The number of ether oxygens (including phenoxy) is 1. The minimum Gasteiger partial charge on any atom is -0.371 e. The molecule has 0 N–H and O–H groups in total. The maximum Gasteiger partial charge on any atom is 0.244 e. The Labute approximate surface area is 149 Å². The van der Waals surface area contributed by atoms with Gasteiger partial charge in [0.25, 0.3) is 0 Å². The fourth-order valence-electron chi connectivity index (χ4n) is 3.88. The Kier molecular flexibility index (Phi) is 4.81. The van der Waals surface area contributed by atoms with E-state index in [0.29, 0.717) is 6.61 Å². The van der Waals surface area contributed by atoms with Gasteiger partial charge in [-0.05, 0) is 30.5 Å². The van der Waals surface area contributed by atoms with Crippen molar-refractivity contribution in [3.63, 3.8) is 0 Å². The molecule has 0 radical (unpaired) electrons. The lowest BCUT2D eigenvalue weighted by Gasteiger charge is -2.42. The molecule has 0 bridgehead atoms. The van der Waals surface area contributed by atoms with Crippen molar-refractivity contribution in [1.82, 2.24) is 4.90 Å². The van der Waals surface area contributed by atoms with Gasteiger partial charge in [-0.15, -0.1) is 0 Å². The van der Waals surface area contributed by atoms with Gasteiger partial charge >= 0.3 is 0 Å². The van der Waals surface area contributed by atoms with E-state index in [1.165, 1.54) is 5.56 Å². The van der Waals surface area contributed by atoms with Gasteiger partial charge in [0, 0.05) is 25.3 Å². The Morgan fingerprint density at radius 1 is 0.920 bits per heavy atom. The molecule has 4 nitrogen and oxygen atoms in total. The molecule has 2 heterocycles. The first-order valence-corrected chi connectivity index (χ1v) is 9.10. The number of carbonyl (C=O) groups is 1. The number of hydrogen-bond donors (Lipinski definition) is 0. The van der Waals surface area contributed by atoms with E-state index >= 15 is 0 Å². The molecule has 2 aliphatic rings. The lowest BCUT2D eigenvalue weighted by Crippen LogP contribution is -2.55. The van der Waals surface area contributed by atoms with Crippen LogP contribution in [0.2, 0.25) is 0 Å². The van der Waals surface area contributed by atoms with Crippen LogP contribution in [0.5, 0.6) is 0 Å². The molecular formula is C21H24N2O2. The van der Waals surface area contributed by atoms with Crippen molar-refractivity contribution < 1.29 is 9.53 Å². The summed E-state index contributed by atoms with van der Waals surface area (Å²) in [4.78, 5) is 17.4. The number of benzene rings is 2. The monoisotopic (exact) mass is 336 g/mol. The summed E-state index contributed by atoms with van der Waals surface area (Å²) in [6.07, 6.45) is 2.03. The number of carbonyl (C=O) groups excluding carboxylic acids is 1. The highest BCUT2D eigenvalue weighted by atomic mass is 16.5. The minimum absolute atomic E-state index is 0.0379. The summed E-state index contributed by atoms with van der Waals surface area (Å²) in [5.41, 5.74) is 2.19. The van der Waals surface area contributed by atoms with E-state index in [1.807, 2.05) is 53.4 Å². The molecule has 2 unspecified atom stereocenters. The highest BCUT2D eigenvalue weighted by Gasteiger charge is 2.36. The molecule has 2 saturated heterocycles. The average molecular weight is 336 g/mol. The fourth-order valence-corrected chi connectivity index (χ4v) is 3.88. The Morgan fingerprint density at radius 3 is 2.40 bits per heavy atom. The topological polar surface area (TPSA) is 32.8 Å². The van der Waals surface area contributed by atoms with Gasteiger partial charge in [-0.2, -0.15) is 0 Å². The minimum atomic E-state index is -0.0379. The van der Waals surface area contributed by atoms with E-state index in [2.05, 4.69) is 17.0 Å². The molecule has 1 amide bonds. The van der Waals surface area contributed by atoms with Crippen LogP contribution in [0.1, 0.15) is 24.5 Å². The predicted octanol–water partition coefficient (Wildman–Crippen LogP) is 3.26. The lowest BCUT2D eigenvalue weighted by atomic mass is 9.99. The first kappa shape index (κ1) is 16.3. The van der Waals surface area contributed by atoms with Crippen molar-refractivity contribution in [3.05, 3.63) is 66.2 Å². The van der Waals surface area contributed by atoms with Crippen LogP contribution < -0.4 is 4.90 Å². The third kappa shape index (κ3) is 3.46. The molecule has 2 aromatic rings. The van der Waals surface area contributed by atoms with Crippen molar-refractivity contribution in [2.75, 3.05) is 31.1 Å². The zero-order chi connectivity index (χ0) is 17.1. The maximum absolute atomic E-state index is 13.1. The van der Waals surface area contributed by atoms with Gasteiger partial charge in [0.1, 0.15) is 0 Å². The third-order valence-corrected chi connectivity index (χ3v) is 5.19. The Bertz CT molecular complexity index is 704. The van der Waals surface area contributed by atoms with Crippen LogP contribution in [0.4, 0.5) is 5.69 Å². The zero-order valence-electron chi connectivity index (χ0n) is 14.4. The second-order valence-corrected chi connectivity index (χ2v) is 6.75.